The molecular formula is C13H29N3O. The van der Waals surface area contributed by atoms with Crippen molar-refractivity contribution in [2.45, 2.75) is 33.1 Å². The summed E-state index contributed by atoms with van der Waals surface area (Å²) in [7, 11) is 4.10. The van der Waals surface area contributed by atoms with Gasteiger partial charge in [-0.2, -0.15) is 0 Å². The van der Waals surface area contributed by atoms with E-state index in [4.69, 9.17) is 0 Å². The standard InChI is InChI=1S/C13H29N3O/c1-5-16(6-2)13(17)9-7-11-15(4)12-8-10-14-3/h14H,5-12H2,1-4H3. The summed E-state index contributed by atoms with van der Waals surface area (Å²) >= 11 is 0. The lowest BCUT2D eigenvalue weighted by Gasteiger charge is -2.20. The van der Waals surface area contributed by atoms with E-state index in [9.17, 15) is 4.79 Å². The van der Waals surface area contributed by atoms with Gasteiger partial charge in [-0.15, -0.1) is 0 Å². The number of carbonyl (C=O) groups is 1. The van der Waals surface area contributed by atoms with Crippen molar-refractivity contribution < 1.29 is 4.79 Å². The number of nitrogens with one attached hydrogen (secondary N) is 1. The topological polar surface area (TPSA) is 35.6 Å². The number of nitrogens with zero attached hydrogens (tertiary/aromatic N) is 2. The first-order chi connectivity index (χ1) is 8.15. The molecule has 0 aromatic heterocycles. The maximum atomic E-state index is 11.7. The quantitative estimate of drug-likeness (QED) is 0.585. The third-order valence-corrected chi connectivity index (χ3v) is 3.01. The first-order valence-corrected chi connectivity index (χ1v) is 6.76. The number of hydrogen-bond donors (Lipinski definition) is 1. The SMILES string of the molecule is CCN(CC)C(=O)CCCN(C)CCCNC. The molecule has 0 aliphatic carbocycles. The van der Waals surface area contributed by atoms with Crippen molar-refractivity contribution in [2.75, 3.05) is 46.8 Å². The molecule has 0 aliphatic heterocycles. The molecule has 0 aromatic carbocycles. The zero-order valence-electron chi connectivity index (χ0n) is 12.0. The van der Waals surface area contributed by atoms with Crippen molar-refractivity contribution in [3.63, 3.8) is 0 Å². The second-order valence-electron chi connectivity index (χ2n) is 4.43. The van der Waals surface area contributed by atoms with Crippen LogP contribution in [-0.4, -0.2) is 62.5 Å². The Morgan fingerprint density at radius 3 is 2.24 bits per heavy atom. The first-order valence-electron chi connectivity index (χ1n) is 6.76. The molecule has 0 unspecified atom stereocenters. The highest BCUT2D eigenvalue weighted by molar-refractivity contribution is 5.76. The molecule has 0 heterocycles. The molecule has 0 spiro atoms. The van der Waals surface area contributed by atoms with Crippen LogP contribution in [0.1, 0.15) is 33.1 Å². The van der Waals surface area contributed by atoms with E-state index in [-0.39, 0.29) is 0 Å². The van der Waals surface area contributed by atoms with Crippen LogP contribution in [0.2, 0.25) is 0 Å². The molecule has 0 fully saturated rings. The lowest BCUT2D eigenvalue weighted by Crippen LogP contribution is -2.31. The minimum atomic E-state index is 0.290. The Balaban J connectivity index is 3.58. The van der Waals surface area contributed by atoms with E-state index in [0.717, 1.165) is 45.6 Å². The van der Waals surface area contributed by atoms with Crippen LogP contribution in [-0.2, 0) is 4.79 Å². The van der Waals surface area contributed by atoms with Crippen molar-refractivity contribution in [1.29, 1.82) is 0 Å². The van der Waals surface area contributed by atoms with Gasteiger partial charge in [0.1, 0.15) is 0 Å². The molecule has 1 N–H and O–H groups in total. The molecule has 0 aromatic rings. The van der Waals surface area contributed by atoms with Crippen LogP contribution in [0.5, 0.6) is 0 Å². The van der Waals surface area contributed by atoms with Crippen molar-refractivity contribution >= 4 is 5.91 Å². The second-order valence-corrected chi connectivity index (χ2v) is 4.43. The molecule has 17 heavy (non-hydrogen) atoms. The second kappa shape index (κ2) is 10.5. The van der Waals surface area contributed by atoms with Crippen molar-refractivity contribution in [3.8, 4) is 0 Å². The van der Waals surface area contributed by atoms with Crippen LogP contribution in [0.3, 0.4) is 0 Å². The molecule has 4 heteroatoms. The fourth-order valence-electron chi connectivity index (χ4n) is 1.87. The minimum Gasteiger partial charge on any atom is -0.343 e. The summed E-state index contributed by atoms with van der Waals surface area (Å²) in [5.41, 5.74) is 0. The molecule has 102 valence electrons. The minimum absolute atomic E-state index is 0.290. The van der Waals surface area contributed by atoms with Gasteiger partial charge in [0.2, 0.25) is 5.91 Å². The Morgan fingerprint density at radius 1 is 1.12 bits per heavy atom. The third kappa shape index (κ3) is 8.16. The van der Waals surface area contributed by atoms with Gasteiger partial charge in [0.15, 0.2) is 0 Å². The van der Waals surface area contributed by atoms with E-state index in [1.54, 1.807) is 0 Å². The molecule has 0 atom stereocenters. The van der Waals surface area contributed by atoms with Gasteiger partial charge in [-0.25, -0.2) is 0 Å². The highest BCUT2D eigenvalue weighted by Gasteiger charge is 2.09. The van der Waals surface area contributed by atoms with Crippen LogP contribution in [0.25, 0.3) is 0 Å². The van der Waals surface area contributed by atoms with Crippen LogP contribution in [0.15, 0.2) is 0 Å². The first kappa shape index (κ1) is 16.4. The summed E-state index contributed by atoms with van der Waals surface area (Å²) in [5, 5.41) is 3.14. The van der Waals surface area contributed by atoms with Crippen LogP contribution < -0.4 is 5.32 Å². The zero-order chi connectivity index (χ0) is 13.1. The summed E-state index contributed by atoms with van der Waals surface area (Å²) in [5.74, 6) is 0.290. The van der Waals surface area contributed by atoms with Crippen LogP contribution in [0.4, 0.5) is 0 Å². The Hall–Kier alpha value is -0.610. The van der Waals surface area contributed by atoms with Crippen LogP contribution >= 0.6 is 0 Å². The van der Waals surface area contributed by atoms with E-state index in [1.807, 2.05) is 25.8 Å². The van der Waals surface area contributed by atoms with Gasteiger partial charge in [-0.05, 0) is 60.4 Å². The van der Waals surface area contributed by atoms with Gasteiger partial charge >= 0.3 is 0 Å². The van der Waals surface area contributed by atoms with Crippen molar-refractivity contribution in [1.82, 2.24) is 15.1 Å². The maximum absolute atomic E-state index is 11.7. The lowest BCUT2D eigenvalue weighted by molar-refractivity contribution is -0.130. The summed E-state index contributed by atoms with van der Waals surface area (Å²) < 4.78 is 0. The van der Waals surface area contributed by atoms with Gasteiger partial charge in [-0.1, -0.05) is 0 Å². The largest absolute Gasteiger partial charge is 0.343 e. The number of hydrogen-bond acceptors (Lipinski definition) is 3. The Morgan fingerprint density at radius 2 is 1.71 bits per heavy atom. The highest BCUT2D eigenvalue weighted by atomic mass is 16.2. The Kier molecular flexibility index (Phi) is 10.2. The number of rotatable bonds is 10. The highest BCUT2D eigenvalue weighted by Crippen LogP contribution is 1.99. The summed E-state index contributed by atoms with van der Waals surface area (Å²) in [4.78, 5) is 15.9. The molecule has 0 radical (unpaired) electrons. The number of amides is 1. The maximum Gasteiger partial charge on any atom is 0.222 e. The molecular weight excluding hydrogens is 214 g/mol. The summed E-state index contributed by atoms with van der Waals surface area (Å²) in [6, 6.07) is 0. The van der Waals surface area contributed by atoms with Gasteiger partial charge < -0.3 is 15.1 Å². The molecule has 0 aliphatic rings. The molecule has 0 saturated carbocycles. The Labute approximate surface area is 106 Å². The average molecular weight is 243 g/mol. The monoisotopic (exact) mass is 243 g/mol. The molecule has 0 bridgehead atoms. The van der Waals surface area contributed by atoms with E-state index < -0.39 is 0 Å². The smallest absolute Gasteiger partial charge is 0.222 e. The summed E-state index contributed by atoms with van der Waals surface area (Å²) in [6.07, 6.45) is 2.81. The van der Waals surface area contributed by atoms with Crippen molar-refractivity contribution in [2.24, 2.45) is 0 Å². The van der Waals surface area contributed by atoms with E-state index in [2.05, 4.69) is 17.3 Å². The van der Waals surface area contributed by atoms with E-state index in [1.165, 1.54) is 0 Å². The van der Waals surface area contributed by atoms with Gasteiger partial charge in [-0.3, -0.25) is 4.79 Å². The third-order valence-electron chi connectivity index (χ3n) is 3.01. The lowest BCUT2D eigenvalue weighted by atomic mass is 10.2. The fourth-order valence-corrected chi connectivity index (χ4v) is 1.87. The molecule has 4 nitrogen and oxygen atoms in total. The van der Waals surface area contributed by atoms with Gasteiger partial charge in [0.25, 0.3) is 0 Å². The Bertz CT molecular complexity index is 193. The van der Waals surface area contributed by atoms with Gasteiger partial charge in [0, 0.05) is 19.5 Å². The van der Waals surface area contributed by atoms with E-state index >= 15 is 0 Å². The predicted octanol–water partition coefficient (Wildman–Crippen LogP) is 1.18. The fraction of sp³-hybridized carbons (Fsp3) is 0.923. The zero-order valence-corrected chi connectivity index (χ0v) is 12.0. The van der Waals surface area contributed by atoms with E-state index in [0.29, 0.717) is 12.3 Å². The van der Waals surface area contributed by atoms with Crippen molar-refractivity contribution in [3.05, 3.63) is 0 Å². The normalized spacial score (nSPS) is 10.9. The molecule has 1 amide bonds. The number of carbonyl (C=O) groups excluding carboxylic acids is 1. The summed E-state index contributed by atoms with van der Waals surface area (Å²) in [6.45, 7) is 8.89. The van der Waals surface area contributed by atoms with Gasteiger partial charge in [0.05, 0.1) is 0 Å². The van der Waals surface area contributed by atoms with Crippen LogP contribution in [0, 0.1) is 0 Å². The molecule has 0 saturated heterocycles. The predicted molar refractivity (Wildman–Crippen MR) is 73.2 cm³/mol. The molecule has 0 rings (SSSR count). The average Bonchev–Trinajstić information content (AvgIpc) is 2.31.